The third-order valence-corrected chi connectivity index (χ3v) is 5.15. The summed E-state index contributed by atoms with van der Waals surface area (Å²) >= 11 is 5.90. The number of ether oxygens (including phenoxy) is 2. The Morgan fingerprint density at radius 1 is 1.23 bits per heavy atom. The summed E-state index contributed by atoms with van der Waals surface area (Å²) in [4.78, 5) is 28.9. The number of carbonyl (C=O) groups excluding carboxylic acids is 2. The Hall–Kier alpha value is -2.48. The van der Waals surface area contributed by atoms with Crippen LogP contribution in [-0.2, 0) is 9.47 Å². The summed E-state index contributed by atoms with van der Waals surface area (Å²) in [5.41, 5.74) is 0.539. The number of morpholine rings is 1. The van der Waals surface area contributed by atoms with Crippen LogP contribution in [0.3, 0.4) is 0 Å². The van der Waals surface area contributed by atoms with E-state index in [0.717, 1.165) is 0 Å². The van der Waals surface area contributed by atoms with Gasteiger partial charge >= 0.3 is 0 Å². The highest BCUT2D eigenvalue weighted by Crippen LogP contribution is 2.16. The molecule has 1 fully saturated rings. The highest BCUT2D eigenvalue weighted by atomic mass is 35.5. The van der Waals surface area contributed by atoms with E-state index in [1.165, 1.54) is 30.2 Å². The lowest BCUT2D eigenvalue weighted by molar-refractivity contribution is -0.0347. The van der Waals surface area contributed by atoms with Crippen molar-refractivity contribution in [1.29, 1.82) is 0 Å². The van der Waals surface area contributed by atoms with Crippen LogP contribution >= 0.6 is 11.6 Å². The smallest absolute Gasteiger partial charge is 0.256 e. The normalized spacial score (nSPS) is 16.4. The van der Waals surface area contributed by atoms with Crippen molar-refractivity contribution in [3.8, 4) is 0 Å². The summed E-state index contributed by atoms with van der Waals surface area (Å²) < 4.78 is 25.0. The zero-order chi connectivity index (χ0) is 21.5. The molecule has 0 aliphatic carbocycles. The van der Waals surface area contributed by atoms with Crippen LogP contribution in [0, 0.1) is 5.82 Å². The number of benzene rings is 2. The van der Waals surface area contributed by atoms with E-state index in [1.807, 2.05) is 0 Å². The molecule has 0 N–H and O–H groups in total. The summed E-state index contributed by atoms with van der Waals surface area (Å²) in [7, 11) is 1.54. The molecule has 30 heavy (non-hydrogen) atoms. The Morgan fingerprint density at radius 2 is 1.97 bits per heavy atom. The maximum Gasteiger partial charge on any atom is 0.256 e. The molecule has 3 rings (SSSR count). The minimum Gasteiger partial charge on any atom is -0.383 e. The largest absolute Gasteiger partial charge is 0.383 e. The fraction of sp³-hybridized carbons (Fsp3) is 0.364. The summed E-state index contributed by atoms with van der Waals surface area (Å²) in [6, 6.07) is 12.6. The first-order valence-electron chi connectivity index (χ1n) is 9.68. The predicted octanol–water partition coefficient (Wildman–Crippen LogP) is 3.11. The molecule has 8 heteroatoms. The zero-order valence-corrected chi connectivity index (χ0v) is 17.5. The van der Waals surface area contributed by atoms with Gasteiger partial charge in [0, 0.05) is 43.9 Å². The molecule has 6 nitrogen and oxygen atoms in total. The molecule has 1 aliphatic rings. The number of methoxy groups -OCH3 is 1. The fourth-order valence-corrected chi connectivity index (χ4v) is 3.44. The molecule has 1 heterocycles. The van der Waals surface area contributed by atoms with E-state index in [1.54, 1.807) is 35.2 Å². The Kier molecular flexibility index (Phi) is 7.79. The lowest BCUT2D eigenvalue weighted by atomic mass is 10.1. The van der Waals surface area contributed by atoms with Gasteiger partial charge in [0.15, 0.2) is 0 Å². The predicted molar refractivity (Wildman–Crippen MR) is 111 cm³/mol. The van der Waals surface area contributed by atoms with E-state index in [-0.39, 0.29) is 30.7 Å². The van der Waals surface area contributed by atoms with Gasteiger partial charge in [-0.05, 0) is 36.4 Å². The number of carbonyl (C=O) groups is 2. The first kappa shape index (κ1) is 22.2. The van der Waals surface area contributed by atoms with Crippen molar-refractivity contribution >= 4 is 23.4 Å². The van der Waals surface area contributed by atoms with Crippen molar-refractivity contribution in [2.45, 2.75) is 6.10 Å². The van der Waals surface area contributed by atoms with Crippen LogP contribution < -0.4 is 0 Å². The molecule has 0 aromatic heterocycles. The van der Waals surface area contributed by atoms with Gasteiger partial charge in [-0.2, -0.15) is 0 Å². The zero-order valence-electron chi connectivity index (χ0n) is 16.7. The summed E-state index contributed by atoms with van der Waals surface area (Å²) in [5, 5.41) is 0.562. The molecule has 2 aromatic carbocycles. The second kappa shape index (κ2) is 10.5. The minimum atomic E-state index is -0.575. The Bertz CT molecular complexity index is 878. The van der Waals surface area contributed by atoms with Crippen molar-refractivity contribution < 1.29 is 23.5 Å². The highest BCUT2D eigenvalue weighted by molar-refractivity contribution is 6.30. The highest BCUT2D eigenvalue weighted by Gasteiger charge is 2.29. The fourth-order valence-electron chi connectivity index (χ4n) is 3.32. The molecule has 0 bridgehead atoms. The van der Waals surface area contributed by atoms with Crippen LogP contribution in [0.5, 0.6) is 0 Å². The molecule has 2 amide bonds. The van der Waals surface area contributed by atoms with Crippen LogP contribution in [0.25, 0.3) is 0 Å². The van der Waals surface area contributed by atoms with Crippen molar-refractivity contribution in [3.63, 3.8) is 0 Å². The molecule has 160 valence electrons. The van der Waals surface area contributed by atoms with Gasteiger partial charge in [-0.3, -0.25) is 9.59 Å². The van der Waals surface area contributed by atoms with E-state index in [0.29, 0.717) is 36.9 Å². The Morgan fingerprint density at radius 3 is 2.67 bits per heavy atom. The number of amides is 2. The van der Waals surface area contributed by atoms with E-state index in [4.69, 9.17) is 21.1 Å². The molecule has 0 spiro atoms. The molecule has 0 saturated carbocycles. The molecule has 1 saturated heterocycles. The number of rotatable bonds is 7. The second-order valence-corrected chi connectivity index (χ2v) is 7.41. The average Bonchev–Trinajstić information content (AvgIpc) is 2.77. The second-order valence-electron chi connectivity index (χ2n) is 6.97. The molecule has 1 aliphatic heterocycles. The minimum absolute atomic E-state index is 0.00138. The SMILES string of the molecule is COCCN(C[C@@H]1CN(C(=O)c2ccc(Cl)cc2)CCO1)C(=O)c1ccccc1F. The summed E-state index contributed by atoms with van der Waals surface area (Å²) in [6.45, 7) is 1.96. The molecular weight excluding hydrogens is 411 g/mol. The van der Waals surface area contributed by atoms with Gasteiger partial charge < -0.3 is 19.3 Å². The van der Waals surface area contributed by atoms with Crippen LogP contribution in [0.1, 0.15) is 20.7 Å². The lowest BCUT2D eigenvalue weighted by Gasteiger charge is -2.36. The van der Waals surface area contributed by atoms with Crippen LogP contribution in [0.4, 0.5) is 4.39 Å². The van der Waals surface area contributed by atoms with Crippen molar-refractivity contribution in [1.82, 2.24) is 9.80 Å². The van der Waals surface area contributed by atoms with Crippen LogP contribution in [0.15, 0.2) is 48.5 Å². The Balaban J connectivity index is 1.69. The van der Waals surface area contributed by atoms with Gasteiger partial charge in [-0.1, -0.05) is 23.7 Å². The van der Waals surface area contributed by atoms with Crippen LogP contribution in [-0.4, -0.2) is 74.2 Å². The number of nitrogens with zero attached hydrogens (tertiary/aromatic N) is 2. The number of hydrogen-bond acceptors (Lipinski definition) is 4. The van der Waals surface area contributed by atoms with Crippen LogP contribution in [0.2, 0.25) is 5.02 Å². The maximum atomic E-state index is 14.1. The van der Waals surface area contributed by atoms with Gasteiger partial charge in [0.1, 0.15) is 5.82 Å². The van der Waals surface area contributed by atoms with Gasteiger partial charge in [-0.25, -0.2) is 4.39 Å². The molecule has 0 radical (unpaired) electrons. The number of halogens is 2. The number of hydrogen-bond donors (Lipinski definition) is 0. The topological polar surface area (TPSA) is 59.1 Å². The van der Waals surface area contributed by atoms with E-state index in [2.05, 4.69) is 0 Å². The first-order valence-corrected chi connectivity index (χ1v) is 10.1. The van der Waals surface area contributed by atoms with E-state index >= 15 is 0 Å². The van der Waals surface area contributed by atoms with Gasteiger partial charge in [-0.15, -0.1) is 0 Å². The monoisotopic (exact) mass is 434 g/mol. The standard InChI is InChI=1S/C22H24ClFN2O4/c1-29-12-10-26(22(28)19-4-2-3-5-20(19)24)15-18-14-25(11-13-30-18)21(27)16-6-8-17(23)9-7-16/h2-9,18H,10-15H2,1H3/t18-/m0/s1. The molecule has 2 aromatic rings. The van der Waals surface area contributed by atoms with Gasteiger partial charge in [0.05, 0.1) is 24.9 Å². The van der Waals surface area contributed by atoms with E-state index in [9.17, 15) is 14.0 Å². The lowest BCUT2D eigenvalue weighted by Crippen LogP contribution is -2.51. The van der Waals surface area contributed by atoms with Crippen molar-refractivity contribution in [2.75, 3.05) is 46.5 Å². The third-order valence-electron chi connectivity index (χ3n) is 4.90. The Labute approximate surface area is 180 Å². The summed E-state index contributed by atoms with van der Waals surface area (Å²) in [6.07, 6.45) is -0.387. The van der Waals surface area contributed by atoms with Crippen molar-refractivity contribution in [3.05, 3.63) is 70.5 Å². The summed E-state index contributed by atoms with van der Waals surface area (Å²) in [5.74, 6) is -1.13. The average molecular weight is 435 g/mol. The quantitative estimate of drug-likeness (QED) is 0.672. The maximum absolute atomic E-state index is 14.1. The first-order chi connectivity index (χ1) is 14.5. The van der Waals surface area contributed by atoms with Gasteiger partial charge in [0.25, 0.3) is 11.8 Å². The molecule has 1 atom stereocenters. The third kappa shape index (κ3) is 5.56. The molecule has 0 unspecified atom stereocenters. The van der Waals surface area contributed by atoms with E-state index < -0.39 is 11.7 Å². The molecular formula is C22H24ClFN2O4. The van der Waals surface area contributed by atoms with Crippen molar-refractivity contribution in [2.24, 2.45) is 0 Å². The van der Waals surface area contributed by atoms with Gasteiger partial charge in [0.2, 0.25) is 0 Å².